The summed E-state index contributed by atoms with van der Waals surface area (Å²) in [5.74, 6) is 0. The molecule has 0 saturated heterocycles. The molecule has 0 bridgehead atoms. The first-order chi connectivity index (χ1) is 8.11. The minimum absolute atomic E-state index is 0.0807. The van der Waals surface area contributed by atoms with Crippen LogP contribution in [0.1, 0.15) is 17.2 Å². The lowest BCUT2D eigenvalue weighted by Crippen LogP contribution is -2.11. The second kappa shape index (κ2) is 5.89. The highest BCUT2D eigenvalue weighted by atomic mass is 79.9. The van der Waals surface area contributed by atoms with Crippen LogP contribution in [-0.4, -0.2) is 6.26 Å². The molecule has 1 aromatic heterocycles. The molecular formula is C12H11Br2NS2. The molecule has 0 fully saturated rings. The van der Waals surface area contributed by atoms with Crippen molar-refractivity contribution in [3.63, 3.8) is 0 Å². The number of benzene rings is 1. The molecular weight excluding hydrogens is 382 g/mol. The highest BCUT2D eigenvalue weighted by molar-refractivity contribution is 9.12. The van der Waals surface area contributed by atoms with Crippen molar-refractivity contribution in [2.24, 2.45) is 5.73 Å². The highest BCUT2D eigenvalue weighted by Crippen LogP contribution is 2.37. The molecule has 1 heterocycles. The van der Waals surface area contributed by atoms with Crippen LogP contribution >= 0.6 is 55.0 Å². The van der Waals surface area contributed by atoms with Crippen molar-refractivity contribution in [1.82, 2.24) is 0 Å². The van der Waals surface area contributed by atoms with Crippen molar-refractivity contribution < 1.29 is 0 Å². The number of halogens is 2. The van der Waals surface area contributed by atoms with Crippen LogP contribution in [-0.2, 0) is 0 Å². The highest BCUT2D eigenvalue weighted by Gasteiger charge is 2.15. The number of hydrogen-bond acceptors (Lipinski definition) is 3. The fraction of sp³-hybridized carbons (Fsp3) is 0.167. The second-order valence-electron chi connectivity index (χ2n) is 3.53. The van der Waals surface area contributed by atoms with Gasteiger partial charge in [-0.2, -0.15) is 0 Å². The van der Waals surface area contributed by atoms with E-state index in [1.807, 2.05) is 0 Å². The van der Waals surface area contributed by atoms with Crippen molar-refractivity contribution >= 4 is 55.0 Å². The van der Waals surface area contributed by atoms with Crippen LogP contribution in [0.25, 0.3) is 0 Å². The van der Waals surface area contributed by atoms with Gasteiger partial charge in [-0.05, 0) is 67.4 Å². The fourth-order valence-corrected chi connectivity index (χ4v) is 4.89. The average molecular weight is 393 g/mol. The maximum Gasteiger partial charge on any atom is 0.0761 e. The van der Waals surface area contributed by atoms with Gasteiger partial charge in [0.25, 0.3) is 0 Å². The first-order valence-corrected chi connectivity index (χ1v) is 8.59. The molecule has 0 amide bonds. The van der Waals surface area contributed by atoms with Crippen LogP contribution in [0, 0.1) is 0 Å². The van der Waals surface area contributed by atoms with Gasteiger partial charge in [-0.3, -0.25) is 0 Å². The molecule has 0 aliphatic rings. The van der Waals surface area contributed by atoms with Crippen molar-refractivity contribution in [3.05, 3.63) is 49.0 Å². The van der Waals surface area contributed by atoms with Crippen LogP contribution in [0.5, 0.6) is 0 Å². The summed E-state index contributed by atoms with van der Waals surface area (Å²) in [6.45, 7) is 0. The Morgan fingerprint density at radius 3 is 2.35 bits per heavy atom. The number of hydrogen-bond donors (Lipinski definition) is 1. The molecule has 2 N–H and O–H groups in total. The van der Waals surface area contributed by atoms with E-state index in [4.69, 9.17) is 5.73 Å². The molecule has 0 aliphatic heterocycles. The maximum atomic E-state index is 6.27. The Bertz CT molecular complexity index is 508. The lowest BCUT2D eigenvalue weighted by atomic mass is 10.0. The van der Waals surface area contributed by atoms with Gasteiger partial charge in [0.05, 0.1) is 13.6 Å². The van der Waals surface area contributed by atoms with E-state index in [0.717, 1.165) is 18.7 Å². The van der Waals surface area contributed by atoms with Crippen LogP contribution in [0.2, 0.25) is 0 Å². The zero-order valence-electron chi connectivity index (χ0n) is 9.11. The third kappa shape index (κ3) is 3.15. The van der Waals surface area contributed by atoms with Gasteiger partial charge < -0.3 is 5.73 Å². The largest absolute Gasteiger partial charge is 0.320 e. The van der Waals surface area contributed by atoms with E-state index in [9.17, 15) is 0 Å². The zero-order chi connectivity index (χ0) is 12.4. The van der Waals surface area contributed by atoms with Gasteiger partial charge in [-0.1, -0.05) is 12.1 Å². The summed E-state index contributed by atoms with van der Waals surface area (Å²) >= 11 is 10.4. The number of thiophene rings is 1. The van der Waals surface area contributed by atoms with E-state index >= 15 is 0 Å². The van der Waals surface area contributed by atoms with Gasteiger partial charge in [0, 0.05) is 4.90 Å². The number of nitrogens with two attached hydrogens (primary N) is 1. The normalized spacial score (nSPS) is 12.7. The first-order valence-electron chi connectivity index (χ1n) is 4.96. The Morgan fingerprint density at radius 2 is 1.88 bits per heavy atom. The monoisotopic (exact) mass is 391 g/mol. The number of thioether (sulfide) groups is 1. The van der Waals surface area contributed by atoms with Gasteiger partial charge in [-0.15, -0.1) is 23.1 Å². The second-order valence-corrected chi connectivity index (χ2v) is 8.16. The Hall–Kier alpha value is 0.190. The summed E-state index contributed by atoms with van der Waals surface area (Å²) in [6, 6.07) is 10.4. The van der Waals surface area contributed by atoms with Crippen LogP contribution in [0.4, 0.5) is 0 Å². The standard InChI is InChI=1S/C12H11Br2NS2/c1-16-8-4-2-7(3-5-8)11(15)9-6-10(13)17-12(9)14/h2-6,11H,15H2,1H3. The van der Waals surface area contributed by atoms with Crippen molar-refractivity contribution in [1.29, 1.82) is 0 Å². The quantitative estimate of drug-likeness (QED) is 0.740. The zero-order valence-corrected chi connectivity index (χ0v) is 13.9. The maximum absolute atomic E-state index is 6.27. The van der Waals surface area contributed by atoms with Gasteiger partial charge >= 0.3 is 0 Å². The van der Waals surface area contributed by atoms with E-state index < -0.39 is 0 Å². The molecule has 0 radical (unpaired) electrons. The molecule has 90 valence electrons. The Morgan fingerprint density at radius 1 is 1.24 bits per heavy atom. The number of rotatable bonds is 3. The molecule has 2 rings (SSSR count). The Kier molecular flexibility index (Phi) is 4.72. The smallest absolute Gasteiger partial charge is 0.0761 e. The van der Waals surface area contributed by atoms with Gasteiger partial charge in [0.15, 0.2) is 0 Å². The van der Waals surface area contributed by atoms with E-state index in [-0.39, 0.29) is 6.04 Å². The molecule has 1 unspecified atom stereocenters. The molecule has 1 atom stereocenters. The fourth-order valence-electron chi connectivity index (χ4n) is 1.56. The van der Waals surface area contributed by atoms with Crippen molar-refractivity contribution in [3.8, 4) is 0 Å². The summed E-state index contributed by atoms with van der Waals surface area (Å²) in [5, 5.41) is 0. The molecule has 17 heavy (non-hydrogen) atoms. The van der Waals surface area contributed by atoms with Gasteiger partial charge in [0.2, 0.25) is 0 Å². The SMILES string of the molecule is CSc1ccc(C(N)c2cc(Br)sc2Br)cc1. The Balaban J connectivity index is 2.30. The Labute approximate surface area is 126 Å². The minimum atomic E-state index is -0.0807. The molecule has 0 spiro atoms. The van der Waals surface area contributed by atoms with E-state index in [2.05, 4.69) is 68.4 Å². The summed E-state index contributed by atoms with van der Waals surface area (Å²) in [6.07, 6.45) is 2.07. The molecule has 1 aromatic carbocycles. The van der Waals surface area contributed by atoms with Gasteiger partial charge in [-0.25, -0.2) is 0 Å². The molecule has 0 aliphatic carbocycles. The van der Waals surface area contributed by atoms with E-state index in [1.165, 1.54) is 4.90 Å². The molecule has 0 saturated carbocycles. The van der Waals surface area contributed by atoms with Gasteiger partial charge in [0.1, 0.15) is 0 Å². The van der Waals surface area contributed by atoms with Crippen LogP contribution in [0.3, 0.4) is 0 Å². The predicted octanol–water partition coefficient (Wildman–Crippen LogP) is 5.04. The predicted molar refractivity (Wildman–Crippen MR) is 84.0 cm³/mol. The lowest BCUT2D eigenvalue weighted by Gasteiger charge is -2.11. The van der Waals surface area contributed by atoms with Crippen molar-refractivity contribution in [2.75, 3.05) is 6.26 Å². The van der Waals surface area contributed by atoms with Crippen LogP contribution in [0.15, 0.2) is 42.8 Å². The van der Waals surface area contributed by atoms with Crippen LogP contribution < -0.4 is 5.73 Å². The topological polar surface area (TPSA) is 26.0 Å². The first kappa shape index (κ1) is 13.6. The third-order valence-electron chi connectivity index (χ3n) is 2.49. The summed E-state index contributed by atoms with van der Waals surface area (Å²) < 4.78 is 2.18. The summed E-state index contributed by atoms with van der Waals surface area (Å²) in [5.41, 5.74) is 8.53. The summed E-state index contributed by atoms with van der Waals surface area (Å²) in [4.78, 5) is 1.26. The van der Waals surface area contributed by atoms with Crippen molar-refractivity contribution in [2.45, 2.75) is 10.9 Å². The molecule has 2 aromatic rings. The third-order valence-corrected chi connectivity index (χ3v) is 5.62. The lowest BCUT2D eigenvalue weighted by molar-refractivity contribution is 0.870. The summed E-state index contributed by atoms with van der Waals surface area (Å²) in [7, 11) is 0. The molecule has 5 heteroatoms. The van der Waals surface area contributed by atoms with E-state index in [0.29, 0.717) is 0 Å². The molecule has 1 nitrogen and oxygen atoms in total. The minimum Gasteiger partial charge on any atom is -0.320 e. The average Bonchev–Trinajstić information content (AvgIpc) is 2.68. The van der Waals surface area contributed by atoms with E-state index in [1.54, 1.807) is 23.1 Å².